The molecule has 0 unspecified atom stereocenters. The number of esters is 1. The third kappa shape index (κ3) is 5.08. The van der Waals surface area contributed by atoms with Crippen molar-refractivity contribution in [3.8, 4) is 0 Å². The van der Waals surface area contributed by atoms with Crippen LogP contribution in [0.1, 0.15) is 10.5 Å². The van der Waals surface area contributed by atoms with E-state index in [1.165, 1.54) is 12.5 Å². The topological polar surface area (TPSA) is 64.2 Å². The molecule has 5 nitrogen and oxygen atoms in total. The lowest BCUT2D eigenvalue weighted by atomic mass is 10.5. The predicted octanol–water partition coefficient (Wildman–Crippen LogP) is 1.88. The van der Waals surface area contributed by atoms with Gasteiger partial charge in [0.05, 0.1) is 6.33 Å². The van der Waals surface area contributed by atoms with E-state index in [4.69, 9.17) is 9.47 Å². The van der Waals surface area contributed by atoms with Gasteiger partial charge in [0.1, 0.15) is 0 Å². The first kappa shape index (κ1) is 12.9. The van der Waals surface area contributed by atoms with Gasteiger partial charge in [-0.05, 0) is 6.04 Å². The highest BCUT2D eigenvalue weighted by Gasteiger charge is 2.12. The molecule has 0 saturated carbocycles. The number of hydrogen-bond acceptors (Lipinski definition) is 4. The highest BCUT2D eigenvalue weighted by Crippen LogP contribution is 2.07. The van der Waals surface area contributed by atoms with Gasteiger partial charge in [-0.2, -0.15) is 0 Å². The zero-order valence-corrected chi connectivity index (χ0v) is 10.9. The predicted molar refractivity (Wildman–Crippen MR) is 63.0 cm³/mol. The summed E-state index contributed by atoms with van der Waals surface area (Å²) in [6.45, 7) is 7.45. The number of carbonyl (C=O) groups is 1. The number of H-pyrrole nitrogens is 1. The van der Waals surface area contributed by atoms with Gasteiger partial charge in [-0.25, -0.2) is 9.78 Å². The van der Waals surface area contributed by atoms with Crippen LogP contribution in [0.3, 0.4) is 0 Å². The van der Waals surface area contributed by atoms with Crippen molar-refractivity contribution in [2.75, 3.05) is 13.4 Å². The second kappa shape index (κ2) is 5.81. The number of hydrogen-bond donors (Lipinski definition) is 1. The second-order valence-electron chi connectivity index (χ2n) is 4.72. The Morgan fingerprint density at radius 3 is 2.81 bits per heavy atom. The van der Waals surface area contributed by atoms with E-state index >= 15 is 0 Å². The van der Waals surface area contributed by atoms with Crippen molar-refractivity contribution in [3.63, 3.8) is 0 Å². The molecule has 6 heteroatoms. The van der Waals surface area contributed by atoms with Crippen molar-refractivity contribution in [1.82, 2.24) is 9.97 Å². The Morgan fingerprint density at radius 2 is 2.25 bits per heavy atom. The van der Waals surface area contributed by atoms with Crippen molar-refractivity contribution in [2.45, 2.75) is 25.7 Å². The Hall–Kier alpha value is -1.14. The molecule has 0 saturated heterocycles. The van der Waals surface area contributed by atoms with E-state index in [9.17, 15) is 4.79 Å². The average molecular weight is 242 g/mol. The maximum atomic E-state index is 11.3. The fraction of sp³-hybridized carbons (Fsp3) is 0.600. The van der Waals surface area contributed by atoms with Crippen LogP contribution in [0, 0.1) is 0 Å². The van der Waals surface area contributed by atoms with Gasteiger partial charge in [0.2, 0.25) is 0 Å². The zero-order chi connectivity index (χ0) is 12.0. The molecule has 16 heavy (non-hydrogen) atoms. The molecular formula is C10H18N2O3Si. The number of nitrogens with zero attached hydrogens (tertiary/aromatic N) is 1. The van der Waals surface area contributed by atoms with Crippen LogP contribution in [0.5, 0.6) is 0 Å². The van der Waals surface area contributed by atoms with Gasteiger partial charge >= 0.3 is 5.97 Å². The third-order valence-electron chi connectivity index (χ3n) is 1.98. The maximum absolute atomic E-state index is 11.3. The van der Waals surface area contributed by atoms with Crippen molar-refractivity contribution in [3.05, 3.63) is 18.2 Å². The van der Waals surface area contributed by atoms with Gasteiger partial charge in [0, 0.05) is 20.9 Å². The van der Waals surface area contributed by atoms with E-state index in [2.05, 4.69) is 29.6 Å². The Bertz CT molecular complexity index is 319. The molecule has 0 spiro atoms. The molecule has 0 amide bonds. The van der Waals surface area contributed by atoms with Gasteiger partial charge < -0.3 is 14.5 Å². The lowest BCUT2D eigenvalue weighted by Crippen LogP contribution is -2.22. The summed E-state index contributed by atoms with van der Waals surface area (Å²) in [6, 6.07) is 1.06. The minimum absolute atomic E-state index is 0.00380. The lowest BCUT2D eigenvalue weighted by Gasteiger charge is -2.15. The Labute approximate surface area is 96.2 Å². The Kier molecular flexibility index (Phi) is 4.69. The number of nitrogens with one attached hydrogen (secondary N) is 1. The Morgan fingerprint density at radius 1 is 1.50 bits per heavy atom. The molecule has 0 atom stereocenters. The molecule has 0 aliphatic carbocycles. The fourth-order valence-corrected chi connectivity index (χ4v) is 1.74. The molecule has 0 aliphatic heterocycles. The van der Waals surface area contributed by atoms with E-state index in [1.807, 2.05) is 0 Å². The summed E-state index contributed by atoms with van der Waals surface area (Å²) in [5.74, 6) is -0.464. The third-order valence-corrected chi connectivity index (χ3v) is 3.68. The van der Waals surface area contributed by atoms with E-state index in [0.29, 0.717) is 6.61 Å². The molecule has 0 radical (unpaired) electrons. The molecule has 0 aliphatic rings. The molecule has 1 heterocycles. The van der Waals surface area contributed by atoms with Gasteiger partial charge in [-0.1, -0.05) is 19.6 Å². The van der Waals surface area contributed by atoms with Crippen LogP contribution in [0.4, 0.5) is 0 Å². The number of imidazole rings is 1. The summed E-state index contributed by atoms with van der Waals surface area (Å²) in [7, 11) is -1.07. The number of rotatable bonds is 6. The van der Waals surface area contributed by atoms with Gasteiger partial charge in [0.15, 0.2) is 12.5 Å². The SMILES string of the molecule is C[Si](C)(C)CCOCOC(=O)c1c[nH]cn1. The summed E-state index contributed by atoms with van der Waals surface area (Å²) in [6.07, 6.45) is 2.92. The van der Waals surface area contributed by atoms with Crippen molar-refractivity contribution < 1.29 is 14.3 Å². The lowest BCUT2D eigenvalue weighted by molar-refractivity contribution is -0.0280. The van der Waals surface area contributed by atoms with Crippen LogP contribution >= 0.6 is 0 Å². The quantitative estimate of drug-likeness (QED) is 0.358. The number of carbonyl (C=O) groups excluding carboxylic acids is 1. The standard InChI is InChI=1S/C10H18N2O3Si/c1-16(2,3)5-4-14-8-15-10(13)9-6-11-7-12-9/h6-7H,4-5,8H2,1-3H3,(H,11,12). The highest BCUT2D eigenvalue weighted by molar-refractivity contribution is 6.76. The van der Waals surface area contributed by atoms with Crippen molar-refractivity contribution in [2.24, 2.45) is 0 Å². The smallest absolute Gasteiger partial charge is 0.360 e. The summed E-state index contributed by atoms with van der Waals surface area (Å²) in [5, 5.41) is 0. The van der Waals surface area contributed by atoms with E-state index in [0.717, 1.165) is 6.04 Å². The van der Waals surface area contributed by atoms with Crippen LogP contribution in [-0.2, 0) is 9.47 Å². The highest BCUT2D eigenvalue weighted by atomic mass is 28.3. The van der Waals surface area contributed by atoms with Crippen molar-refractivity contribution in [1.29, 1.82) is 0 Å². The summed E-state index contributed by atoms with van der Waals surface area (Å²) < 4.78 is 10.1. The molecule has 0 fully saturated rings. The normalized spacial score (nSPS) is 11.4. The molecule has 0 bridgehead atoms. The number of aromatic nitrogens is 2. The monoisotopic (exact) mass is 242 g/mol. The van der Waals surface area contributed by atoms with Gasteiger partial charge in [-0.3, -0.25) is 0 Å². The minimum atomic E-state index is -1.07. The first-order valence-electron chi connectivity index (χ1n) is 5.23. The van der Waals surface area contributed by atoms with E-state index < -0.39 is 14.0 Å². The molecular weight excluding hydrogens is 224 g/mol. The van der Waals surface area contributed by atoms with Crippen LogP contribution < -0.4 is 0 Å². The second-order valence-corrected chi connectivity index (χ2v) is 10.3. The zero-order valence-electron chi connectivity index (χ0n) is 9.95. The minimum Gasteiger partial charge on any atom is -0.434 e. The first-order chi connectivity index (χ1) is 7.49. The van der Waals surface area contributed by atoms with Gasteiger partial charge in [-0.15, -0.1) is 0 Å². The average Bonchev–Trinajstić information content (AvgIpc) is 2.67. The van der Waals surface area contributed by atoms with E-state index in [1.54, 1.807) is 0 Å². The molecule has 1 rings (SSSR count). The molecule has 1 aromatic rings. The van der Waals surface area contributed by atoms with Crippen molar-refractivity contribution >= 4 is 14.0 Å². The largest absolute Gasteiger partial charge is 0.434 e. The number of ether oxygens (including phenoxy) is 2. The Balaban J connectivity index is 2.10. The van der Waals surface area contributed by atoms with E-state index in [-0.39, 0.29) is 12.5 Å². The van der Waals surface area contributed by atoms with Crippen LogP contribution in [0.25, 0.3) is 0 Å². The van der Waals surface area contributed by atoms with Gasteiger partial charge in [0.25, 0.3) is 0 Å². The summed E-state index contributed by atoms with van der Waals surface area (Å²) >= 11 is 0. The first-order valence-corrected chi connectivity index (χ1v) is 8.93. The molecule has 0 aromatic carbocycles. The van der Waals surface area contributed by atoms with Crippen LogP contribution in [-0.4, -0.2) is 37.4 Å². The molecule has 1 aromatic heterocycles. The maximum Gasteiger partial charge on any atom is 0.360 e. The summed E-state index contributed by atoms with van der Waals surface area (Å²) in [4.78, 5) is 17.8. The number of aromatic amines is 1. The van der Waals surface area contributed by atoms with Crippen LogP contribution in [0.2, 0.25) is 25.7 Å². The van der Waals surface area contributed by atoms with Crippen LogP contribution in [0.15, 0.2) is 12.5 Å². The summed E-state index contributed by atoms with van der Waals surface area (Å²) in [5.41, 5.74) is 0.272. The fourth-order valence-electron chi connectivity index (χ4n) is 0.978. The molecule has 90 valence electrons. The molecule has 1 N–H and O–H groups in total.